The molecule has 2 aromatic heterocycles. The van der Waals surface area contributed by atoms with Gasteiger partial charge >= 0.3 is 0 Å². The zero-order chi connectivity index (χ0) is 25.0. The van der Waals surface area contributed by atoms with Crippen LogP contribution >= 0.6 is 0 Å². The van der Waals surface area contributed by atoms with Crippen LogP contribution in [0.25, 0.3) is 27.7 Å². The van der Waals surface area contributed by atoms with Gasteiger partial charge in [0.2, 0.25) is 5.91 Å². The van der Waals surface area contributed by atoms with E-state index in [1.54, 1.807) is 6.20 Å². The Labute approximate surface area is 208 Å². The molecule has 1 amide bonds. The summed E-state index contributed by atoms with van der Waals surface area (Å²) in [6.45, 7) is 3.02. The van der Waals surface area contributed by atoms with Gasteiger partial charge in [0.05, 0.1) is 19.2 Å². The van der Waals surface area contributed by atoms with Crippen molar-refractivity contribution < 1.29 is 18.7 Å². The average Bonchev–Trinajstić information content (AvgIpc) is 3.48. The summed E-state index contributed by atoms with van der Waals surface area (Å²) in [5, 5.41) is 10.5. The van der Waals surface area contributed by atoms with Crippen molar-refractivity contribution in [3.63, 3.8) is 0 Å². The van der Waals surface area contributed by atoms with Gasteiger partial charge < -0.3 is 19.9 Å². The van der Waals surface area contributed by atoms with E-state index in [0.29, 0.717) is 30.9 Å². The van der Waals surface area contributed by atoms with Crippen molar-refractivity contribution in [3.8, 4) is 11.1 Å². The third kappa shape index (κ3) is 3.77. The highest BCUT2D eigenvalue weighted by molar-refractivity contribution is 6.02. The number of aromatic nitrogens is 2. The topological polar surface area (TPSA) is 75.7 Å². The number of hydrogen-bond donors (Lipinski definition) is 2. The molecule has 2 N–H and O–H groups in total. The molecule has 1 fully saturated rings. The van der Waals surface area contributed by atoms with Crippen LogP contribution in [0.15, 0.2) is 30.5 Å². The number of nitrogens with zero attached hydrogens (tertiary/aromatic N) is 4. The zero-order valence-electron chi connectivity index (χ0n) is 20.2. The second kappa shape index (κ2) is 8.97. The Kier molecular flexibility index (Phi) is 5.76. The summed E-state index contributed by atoms with van der Waals surface area (Å²) in [5.41, 5.74) is 6.08. The van der Waals surface area contributed by atoms with E-state index in [2.05, 4.69) is 20.9 Å². The van der Waals surface area contributed by atoms with Gasteiger partial charge in [-0.05, 0) is 42.5 Å². The van der Waals surface area contributed by atoms with Gasteiger partial charge in [0.25, 0.3) is 0 Å². The quantitative estimate of drug-likeness (QED) is 0.582. The molecule has 9 heteroatoms. The number of hydrogen-bond acceptors (Lipinski definition) is 5. The highest BCUT2D eigenvalue weighted by atomic mass is 19.2. The fourth-order valence-corrected chi connectivity index (χ4v) is 5.95. The molecule has 0 aliphatic carbocycles. The molecule has 0 bridgehead atoms. The normalized spacial score (nSPS) is 20.0. The maximum absolute atomic E-state index is 14.2. The number of nitrogens with one attached hydrogen (secondary N) is 1. The van der Waals surface area contributed by atoms with E-state index in [1.165, 1.54) is 12.1 Å². The first-order valence-corrected chi connectivity index (χ1v) is 12.5. The number of benzene rings is 1. The van der Waals surface area contributed by atoms with Crippen molar-refractivity contribution in [1.82, 2.24) is 19.8 Å². The van der Waals surface area contributed by atoms with Gasteiger partial charge in [0.1, 0.15) is 5.65 Å². The third-order valence-electron chi connectivity index (χ3n) is 7.81. The minimum absolute atomic E-state index is 0.0204. The standard InChI is InChI=1S/C27H29F2N5O2/c1-32-13-20-25-18(19-11-21(28)22(29)12-23(19)32)4-7-30-27(25)31-26(20)16-5-9-33(10-6-16)14-24(36)34-8-2-3-17(34)15-35/h4-5,7,11-12,17,35H,2-3,6,8-10,13-15H2,1H3,(H,30,31)/t17-/m0/s1. The van der Waals surface area contributed by atoms with E-state index < -0.39 is 11.6 Å². The molecule has 7 nitrogen and oxygen atoms in total. The summed E-state index contributed by atoms with van der Waals surface area (Å²) in [7, 11) is 1.89. The minimum atomic E-state index is -0.866. The fourth-order valence-electron chi connectivity index (χ4n) is 5.95. The van der Waals surface area contributed by atoms with E-state index in [1.807, 2.05) is 22.9 Å². The Morgan fingerprint density at radius 2 is 2.06 bits per heavy atom. The number of rotatable bonds is 4. The second-order valence-corrected chi connectivity index (χ2v) is 9.98. The lowest BCUT2D eigenvalue weighted by atomic mass is 9.97. The number of amides is 1. The van der Waals surface area contributed by atoms with Crippen LogP contribution in [0.1, 0.15) is 30.5 Å². The molecule has 1 atom stereocenters. The Balaban J connectivity index is 1.30. The first-order valence-electron chi connectivity index (χ1n) is 12.5. The fraction of sp³-hybridized carbons (Fsp3) is 0.407. The van der Waals surface area contributed by atoms with Crippen LogP contribution in [0.5, 0.6) is 0 Å². The first kappa shape index (κ1) is 23.1. The summed E-state index contributed by atoms with van der Waals surface area (Å²) in [4.78, 5) is 26.7. The second-order valence-electron chi connectivity index (χ2n) is 9.98. The Morgan fingerprint density at radius 3 is 2.83 bits per heavy atom. The molecule has 3 aromatic rings. The molecule has 0 unspecified atom stereocenters. The molecule has 6 rings (SSSR count). The highest BCUT2D eigenvalue weighted by Gasteiger charge is 2.30. The lowest BCUT2D eigenvalue weighted by Crippen LogP contribution is -2.44. The number of fused-ring (bicyclic) bond motifs is 2. The molecule has 5 heterocycles. The number of carbonyl (C=O) groups excluding carboxylic acids is 1. The van der Waals surface area contributed by atoms with Crippen LogP contribution in [0.3, 0.4) is 0 Å². The molecule has 3 aliphatic rings. The van der Waals surface area contributed by atoms with Crippen LogP contribution in [0.4, 0.5) is 14.5 Å². The largest absolute Gasteiger partial charge is 0.394 e. The highest BCUT2D eigenvalue weighted by Crippen LogP contribution is 2.43. The molecule has 0 saturated carbocycles. The molecule has 3 aliphatic heterocycles. The van der Waals surface area contributed by atoms with E-state index in [-0.39, 0.29) is 18.6 Å². The smallest absolute Gasteiger partial charge is 0.237 e. The number of aliphatic hydroxyl groups is 1. The number of pyridine rings is 1. The molecular formula is C27H29F2N5O2. The van der Waals surface area contributed by atoms with Crippen molar-refractivity contribution in [1.29, 1.82) is 0 Å². The van der Waals surface area contributed by atoms with Gasteiger partial charge in [-0.2, -0.15) is 0 Å². The molecule has 188 valence electrons. The van der Waals surface area contributed by atoms with Gasteiger partial charge in [-0.3, -0.25) is 9.69 Å². The van der Waals surface area contributed by atoms with Gasteiger partial charge in [-0.25, -0.2) is 13.8 Å². The number of anilines is 1. The van der Waals surface area contributed by atoms with Crippen molar-refractivity contribution in [2.24, 2.45) is 0 Å². The lowest BCUT2D eigenvalue weighted by Gasteiger charge is -2.30. The maximum Gasteiger partial charge on any atom is 0.237 e. The van der Waals surface area contributed by atoms with Crippen molar-refractivity contribution in [2.75, 3.05) is 44.7 Å². The zero-order valence-corrected chi connectivity index (χ0v) is 20.2. The monoisotopic (exact) mass is 493 g/mol. The number of aliphatic hydroxyl groups excluding tert-OH is 1. The van der Waals surface area contributed by atoms with Crippen LogP contribution in [-0.4, -0.2) is 76.7 Å². The molecule has 1 aromatic carbocycles. The van der Waals surface area contributed by atoms with Crippen molar-refractivity contribution in [2.45, 2.75) is 31.8 Å². The Bertz CT molecular complexity index is 1380. The molecule has 0 radical (unpaired) electrons. The van der Waals surface area contributed by atoms with Gasteiger partial charge in [0.15, 0.2) is 11.6 Å². The summed E-state index contributed by atoms with van der Waals surface area (Å²) < 4.78 is 28.3. The van der Waals surface area contributed by atoms with Crippen LogP contribution in [-0.2, 0) is 11.3 Å². The average molecular weight is 494 g/mol. The van der Waals surface area contributed by atoms with Crippen LogP contribution in [0.2, 0.25) is 0 Å². The molecule has 0 spiro atoms. The minimum Gasteiger partial charge on any atom is -0.394 e. The number of carbonyl (C=O) groups is 1. The summed E-state index contributed by atoms with van der Waals surface area (Å²) >= 11 is 0. The molecule has 1 saturated heterocycles. The SMILES string of the molecule is CN1Cc2c(C3=CCN(CC(=O)N4CCC[C@H]4CO)CC3)[nH]c3nccc(c23)-c2cc(F)c(F)cc21. The molecular weight excluding hydrogens is 464 g/mol. The van der Waals surface area contributed by atoms with E-state index in [0.717, 1.165) is 65.8 Å². The number of halogens is 2. The van der Waals surface area contributed by atoms with Crippen molar-refractivity contribution >= 4 is 28.2 Å². The van der Waals surface area contributed by atoms with E-state index in [9.17, 15) is 18.7 Å². The van der Waals surface area contributed by atoms with Crippen LogP contribution < -0.4 is 4.90 Å². The summed E-state index contributed by atoms with van der Waals surface area (Å²) in [6.07, 6.45) is 6.42. The van der Waals surface area contributed by atoms with Gasteiger partial charge in [-0.15, -0.1) is 0 Å². The van der Waals surface area contributed by atoms with Crippen molar-refractivity contribution in [3.05, 3.63) is 53.4 Å². The number of aromatic amines is 1. The Hall–Kier alpha value is -3.30. The van der Waals surface area contributed by atoms with Gasteiger partial charge in [0, 0.05) is 73.4 Å². The lowest BCUT2D eigenvalue weighted by molar-refractivity contribution is -0.133. The predicted octanol–water partition coefficient (Wildman–Crippen LogP) is 3.53. The Morgan fingerprint density at radius 1 is 1.22 bits per heavy atom. The predicted molar refractivity (Wildman–Crippen MR) is 134 cm³/mol. The van der Waals surface area contributed by atoms with E-state index >= 15 is 0 Å². The maximum atomic E-state index is 14.2. The summed E-state index contributed by atoms with van der Waals surface area (Å²) in [5.74, 6) is -1.65. The van der Waals surface area contributed by atoms with Crippen LogP contribution in [0, 0.1) is 11.6 Å². The number of H-pyrrole nitrogens is 1. The number of likely N-dealkylation sites (tertiary alicyclic amines) is 1. The van der Waals surface area contributed by atoms with E-state index in [4.69, 9.17) is 0 Å². The summed E-state index contributed by atoms with van der Waals surface area (Å²) in [6, 6.07) is 4.34. The first-order chi connectivity index (χ1) is 17.4. The molecule has 36 heavy (non-hydrogen) atoms. The third-order valence-corrected chi connectivity index (χ3v) is 7.81. The van der Waals surface area contributed by atoms with Gasteiger partial charge in [-0.1, -0.05) is 6.08 Å².